The molecule has 5 rings (SSSR count). The van der Waals surface area contributed by atoms with E-state index in [1.165, 1.54) is 0 Å². The van der Waals surface area contributed by atoms with Gasteiger partial charge in [0, 0.05) is 29.2 Å². The zero-order valence-corrected chi connectivity index (χ0v) is 26.3. The van der Waals surface area contributed by atoms with Crippen molar-refractivity contribution in [3.05, 3.63) is 101 Å². The van der Waals surface area contributed by atoms with Crippen molar-refractivity contribution in [2.24, 2.45) is 5.92 Å². The summed E-state index contributed by atoms with van der Waals surface area (Å²) in [5, 5.41) is 14.3. The van der Waals surface area contributed by atoms with Crippen LogP contribution in [0.3, 0.4) is 0 Å². The number of carbonyl (C=O) groups excluding carboxylic acids is 2. The van der Waals surface area contributed by atoms with Crippen molar-refractivity contribution in [3.63, 3.8) is 0 Å². The minimum Gasteiger partial charge on any atom is -0.497 e. The summed E-state index contributed by atoms with van der Waals surface area (Å²) in [5.74, 6) is 1.82. The summed E-state index contributed by atoms with van der Waals surface area (Å²) in [4.78, 5) is 26.8. The SMILES string of the molecule is COc1ccc(C(=O)CC(c2cccc(NC(=O)Nc3cc(C(C)(C)C)nn3-c3ccc(C)cc3)c2)C2CCNCC2)cc1. The molecule has 8 heteroatoms. The average Bonchev–Trinajstić information content (AvgIpc) is 3.45. The number of urea groups is 1. The van der Waals surface area contributed by atoms with E-state index >= 15 is 0 Å². The van der Waals surface area contributed by atoms with Crippen molar-refractivity contribution < 1.29 is 14.3 Å². The summed E-state index contributed by atoms with van der Waals surface area (Å²) < 4.78 is 7.04. The standard InChI is InChI=1S/C36H43N5O3/c1-24-9-13-29(14-10-24)41-34(23-33(40-41)36(2,3)4)39-35(43)38-28-8-6-7-27(21-28)31(25-17-19-37-20-18-25)22-32(42)26-11-15-30(44-5)16-12-26/h6-16,21,23,25,31,37H,17-20,22H2,1-5H3,(H2,38,39,43). The van der Waals surface area contributed by atoms with Crippen molar-refractivity contribution in [1.29, 1.82) is 0 Å². The van der Waals surface area contributed by atoms with E-state index in [9.17, 15) is 9.59 Å². The van der Waals surface area contributed by atoms with E-state index in [0.717, 1.165) is 54.2 Å². The molecular formula is C36H43N5O3. The van der Waals surface area contributed by atoms with Crippen LogP contribution in [0.15, 0.2) is 78.9 Å². The molecule has 0 aliphatic carbocycles. The first-order chi connectivity index (χ1) is 21.1. The van der Waals surface area contributed by atoms with Gasteiger partial charge in [0.1, 0.15) is 11.6 Å². The lowest BCUT2D eigenvalue weighted by molar-refractivity contribution is 0.0959. The number of nitrogens with zero attached hydrogens (tertiary/aromatic N) is 2. The zero-order chi connectivity index (χ0) is 31.3. The van der Waals surface area contributed by atoms with Crippen molar-refractivity contribution in [2.45, 2.75) is 58.3 Å². The van der Waals surface area contributed by atoms with Gasteiger partial charge in [-0.15, -0.1) is 0 Å². The molecule has 8 nitrogen and oxygen atoms in total. The highest BCUT2D eigenvalue weighted by Gasteiger charge is 2.28. The number of carbonyl (C=O) groups is 2. The number of hydrogen-bond acceptors (Lipinski definition) is 5. The Morgan fingerprint density at radius 1 is 0.977 bits per heavy atom. The number of ketones is 1. The number of nitrogens with one attached hydrogen (secondary N) is 3. The maximum Gasteiger partial charge on any atom is 0.324 e. The molecule has 1 saturated heterocycles. The molecule has 1 aliphatic heterocycles. The minimum absolute atomic E-state index is 0.0359. The molecule has 230 valence electrons. The monoisotopic (exact) mass is 593 g/mol. The van der Waals surface area contributed by atoms with E-state index in [0.29, 0.717) is 29.4 Å². The Morgan fingerprint density at radius 3 is 2.34 bits per heavy atom. The zero-order valence-electron chi connectivity index (χ0n) is 26.3. The van der Waals surface area contributed by atoms with E-state index in [4.69, 9.17) is 9.84 Å². The lowest BCUT2D eigenvalue weighted by Crippen LogP contribution is -2.31. The molecule has 0 spiro atoms. The first kappa shape index (κ1) is 31.0. The third kappa shape index (κ3) is 7.55. The van der Waals surface area contributed by atoms with Crippen LogP contribution in [0.1, 0.15) is 73.1 Å². The fourth-order valence-electron chi connectivity index (χ4n) is 5.74. The van der Waals surface area contributed by atoms with Gasteiger partial charge in [-0.1, -0.05) is 50.6 Å². The molecule has 0 bridgehead atoms. The largest absolute Gasteiger partial charge is 0.497 e. The van der Waals surface area contributed by atoms with Gasteiger partial charge in [-0.3, -0.25) is 10.1 Å². The number of aromatic nitrogens is 2. The third-order valence-electron chi connectivity index (χ3n) is 8.34. The van der Waals surface area contributed by atoms with Gasteiger partial charge >= 0.3 is 6.03 Å². The minimum atomic E-state index is -0.358. The molecular weight excluding hydrogens is 550 g/mol. The third-order valence-corrected chi connectivity index (χ3v) is 8.34. The van der Waals surface area contributed by atoms with Gasteiger partial charge in [0.2, 0.25) is 0 Å². The Balaban J connectivity index is 1.36. The van der Waals surface area contributed by atoms with E-state index in [1.54, 1.807) is 11.8 Å². The Hall–Kier alpha value is -4.43. The quantitative estimate of drug-likeness (QED) is 0.175. The van der Waals surface area contributed by atoms with Crippen LogP contribution in [0.5, 0.6) is 5.75 Å². The second-order valence-corrected chi connectivity index (χ2v) is 12.7. The average molecular weight is 594 g/mol. The summed E-state index contributed by atoms with van der Waals surface area (Å²) in [7, 11) is 1.62. The number of piperidine rings is 1. The molecule has 44 heavy (non-hydrogen) atoms. The maximum atomic E-state index is 13.4. The Kier molecular flexibility index (Phi) is 9.49. The van der Waals surface area contributed by atoms with Crippen LogP contribution in [-0.4, -0.2) is 41.8 Å². The Labute approximate surface area is 260 Å². The molecule has 2 heterocycles. The molecule has 3 aromatic carbocycles. The van der Waals surface area contributed by atoms with E-state index in [1.807, 2.05) is 79.7 Å². The van der Waals surface area contributed by atoms with Gasteiger partial charge in [0.25, 0.3) is 0 Å². The van der Waals surface area contributed by atoms with Gasteiger partial charge in [-0.05, 0) is 98.8 Å². The number of ether oxygens (including phenoxy) is 1. The first-order valence-electron chi connectivity index (χ1n) is 15.3. The molecule has 0 radical (unpaired) electrons. The maximum absolute atomic E-state index is 13.4. The second-order valence-electron chi connectivity index (χ2n) is 12.7. The van der Waals surface area contributed by atoms with Gasteiger partial charge in [0.05, 0.1) is 18.5 Å². The van der Waals surface area contributed by atoms with Crippen LogP contribution < -0.4 is 20.7 Å². The van der Waals surface area contributed by atoms with E-state index in [2.05, 4.69) is 42.8 Å². The lowest BCUT2D eigenvalue weighted by atomic mass is 9.77. The molecule has 1 atom stereocenters. The Bertz CT molecular complexity index is 1580. The predicted octanol–water partition coefficient (Wildman–Crippen LogP) is 7.49. The number of anilines is 2. The van der Waals surface area contributed by atoms with Crippen molar-refractivity contribution in [1.82, 2.24) is 15.1 Å². The normalized spacial score (nSPS) is 14.6. The van der Waals surface area contributed by atoms with Crippen LogP contribution in [0.4, 0.5) is 16.3 Å². The van der Waals surface area contributed by atoms with Crippen molar-refractivity contribution >= 4 is 23.3 Å². The number of amides is 2. The molecule has 1 unspecified atom stereocenters. The van der Waals surface area contributed by atoms with Gasteiger partial charge < -0.3 is 15.4 Å². The van der Waals surface area contributed by atoms with Gasteiger partial charge in [0.15, 0.2) is 5.78 Å². The molecule has 4 aromatic rings. The van der Waals surface area contributed by atoms with Gasteiger partial charge in [-0.25, -0.2) is 9.48 Å². The molecule has 1 aliphatic rings. The highest BCUT2D eigenvalue weighted by atomic mass is 16.5. The number of benzene rings is 3. The topological polar surface area (TPSA) is 97.3 Å². The second kappa shape index (κ2) is 13.5. The summed E-state index contributed by atoms with van der Waals surface area (Å²) in [5.41, 5.74) is 5.11. The molecule has 1 aromatic heterocycles. The van der Waals surface area contributed by atoms with Crippen LogP contribution >= 0.6 is 0 Å². The number of rotatable bonds is 9. The number of methoxy groups -OCH3 is 1. The van der Waals surface area contributed by atoms with Crippen LogP contribution in [-0.2, 0) is 5.41 Å². The molecule has 1 fully saturated rings. The van der Waals surface area contributed by atoms with Crippen LogP contribution in [0.25, 0.3) is 5.69 Å². The fourth-order valence-corrected chi connectivity index (χ4v) is 5.74. The number of Topliss-reactive ketones (excluding diaryl/α,β-unsaturated/α-hetero) is 1. The van der Waals surface area contributed by atoms with Crippen molar-refractivity contribution in [3.8, 4) is 11.4 Å². The molecule has 2 amide bonds. The van der Waals surface area contributed by atoms with Gasteiger partial charge in [-0.2, -0.15) is 5.10 Å². The highest BCUT2D eigenvalue weighted by Crippen LogP contribution is 2.36. The fraction of sp³-hybridized carbons (Fsp3) is 0.361. The Morgan fingerprint density at radius 2 is 1.68 bits per heavy atom. The number of aryl methyl sites for hydroxylation is 1. The molecule has 0 saturated carbocycles. The summed E-state index contributed by atoms with van der Waals surface area (Å²) >= 11 is 0. The first-order valence-corrected chi connectivity index (χ1v) is 15.3. The number of hydrogen-bond donors (Lipinski definition) is 3. The summed E-state index contributed by atoms with van der Waals surface area (Å²) in [6.45, 7) is 10.2. The van der Waals surface area contributed by atoms with Crippen molar-refractivity contribution in [2.75, 3.05) is 30.8 Å². The van der Waals surface area contributed by atoms with E-state index in [-0.39, 0.29) is 23.1 Å². The van der Waals surface area contributed by atoms with E-state index < -0.39 is 0 Å². The highest BCUT2D eigenvalue weighted by molar-refractivity contribution is 5.99. The smallest absolute Gasteiger partial charge is 0.324 e. The summed E-state index contributed by atoms with van der Waals surface area (Å²) in [6, 6.07) is 24.8. The van der Waals surface area contributed by atoms with Crippen LogP contribution in [0.2, 0.25) is 0 Å². The summed E-state index contributed by atoms with van der Waals surface area (Å²) in [6.07, 6.45) is 2.40. The molecule has 3 N–H and O–H groups in total. The lowest BCUT2D eigenvalue weighted by Gasteiger charge is -2.31. The van der Waals surface area contributed by atoms with Crippen LogP contribution in [0, 0.1) is 12.8 Å². The predicted molar refractivity (Wildman–Crippen MR) is 176 cm³/mol.